The van der Waals surface area contributed by atoms with Crippen molar-refractivity contribution in [1.29, 1.82) is 0 Å². The van der Waals surface area contributed by atoms with Crippen LogP contribution in [-0.2, 0) is 9.47 Å². The standard InChI is InChI=1S/C20H25ClFN3O4/c1-20(2,3)24-19(26)29-18-6-7-27-11-13(18)12-28-15-4-5-17(16(22)8-15)25-10-14(21)9-23-25/h4-5,8-10,13,18H,6-7,11-12H2,1-3H3,(H,24,26). The van der Waals surface area contributed by atoms with Gasteiger partial charge in [0.05, 0.1) is 37.0 Å². The fourth-order valence-electron chi connectivity index (χ4n) is 2.96. The zero-order chi connectivity index (χ0) is 21.0. The second-order valence-electron chi connectivity index (χ2n) is 7.97. The normalized spacial score (nSPS) is 19.6. The van der Waals surface area contributed by atoms with Gasteiger partial charge in [-0.25, -0.2) is 13.9 Å². The molecular formula is C20H25ClFN3O4. The Kier molecular flexibility index (Phi) is 6.64. The van der Waals surface area contributed by atoms with E-state index in [1.54, 1.807) is 12.1 Å². The smallest absolute Gasteiger partial charge is 0.407 e. The van der Waals surface area contributed by atoms with Gasteiger partial charge < -0.3 is 19.5 Å². The summed E-state index contributed by atoms with van der Waals surface area (Å²) in [6.07, 6.45) is 2.73. The average molecular weight is 426 g/mol. The number of carbonyl (C=O) groups is 1. The maximum absolute atomic E-state index is 14.4. The monoisotopic (exact) mass is 425 g/mol. The van der Waals surface area contributed by atoms with Crippen molar-refractivity contribution in [1.82, 2.24) is 15.1 Å². The van der Waals surface area contributed by atoms with Gasteiger partial charge in [-0.1, -0.05) is 11.6 Å². The molecule has 0 saturated carbocycles. The summed E-state index contributed by atoms with van der Waals surface area (Å²) >= 11 is 5.83. The van der Waals surface area contributed by atoms with E-state index in [0.717, 1.165) is 0 Å². The number of benzene rings is 1. The molecule has 158 valence electrons. The van der Waals surface area contributed by atoms with Gasteiger partial charge in [0.2, 0.25) is 0 Å². The molecule has 1 aliphatic rings. The van der Waals surface area contributed by atoms with Crippen LogP contribution in [0.2, 0.25) is 5.02 Å². The van der Waals surface area contributed by atoms with Gasteiger partial charge in [0.1, 0.15) is 17.5 Å². The van der Waals surface area contributed by atoms with E-state index in [-0.39, 0.29) is 29.9 Å². The number of hydrogen-bond acceptors (Lipinski definition) is 5. The molecular weight excluding hydrogens is 401 g/mol. The first-order valence-corrected chi connectivity index (χ1v) is 9.78. The summed E-state index contributed by atoms with van der Waals surface area (Å²) in [5.74, 6) is -0.269. The zero-order valence-electron chi connectivity index (χ0n) is 16.7. The molecule has 29 heavy (non-hydrogen) atoms. The Morgan fingerprint density at radius 1 is 1.45 bits per heavy atom. The predicted octanol–water partition coefficient (Wildman–Crippen LogP) is 3.97. The fraction of sp³-hybridized carbons (Fsp3) is 0.500. The first-order chi connectivity index (χ1) is 13.7. The first kappa shape index (κ1) is 21.4. The lowest BCUT2D eigenvalue weighted by Crippen LogP contribution is -2.46. The molecule has 2 aromatic rings. The number of ether oxygens (including phenoxy) is 3. The fourth-order valence-corrected chi connectivity index (χ4v) is 3.10. The number of alkyl carbamates (subject to hydrolysis) is 1. The molecule has 0 spiro atoms. The van der Waals surface area contributed by atoms with Crippen LogP contribution in [0, 0.1) is 11.7 Å². The molecule has 3 rings (SSSR count). The number of nitrogens with one attached hydrogen (secondary N) is 1. The second-order valence-corrected chi connectivity index (χ2v) is 8.41. The van der Waals surface area contributed by atoms with Crippen LogP contribution in [0.25, 0.3) is 5.69 Å². The van der Waals surface area contributed by atoms with Gasteiger partial charge in [-0.15, -0.1) is 0 Å². The summed E-state index contributed by atoms with van der Waals surface area (Å²) < 4.78 is 32.6. The van der Waals surface area contributed by atoms with E-state index in [2.05, 4.69) is 10.4 Å². The minimum atomic E-state index is -0.487. The second kappa shape index (κ2) is 9.00. The number of halogens is 2. The molecule has 1 N–H and O–H groups in total. The molecule has 9 heteroatoms. The van der Waals surface area contributed by atoms with Crippen LogP contribution >= 0.6 is 11.6 Å². The molecule has 1 aliphatic heterocycles. The highest BCUT2D eigenvalue weighted by molar-refractivity contribution is 6.30. The van der Waals surface area contributed by atoms with E-state index in [9.17, 15) is 9.18 Å². The Morgan fingerprint density at radius 3 is 2.90 bits per heavy atom. The number of carbonyl (C=O) groups excluding carboxylic acids is 1. The Bertz CT molecular complexity index is 852. The third-order valence-electron chi connectivity index (χ3n) is 4.32. The Balaban J connectivity index is 1.60. The largest absolute Gasteiger partial charge is 0.493 e. The number of hydrogen-bond donors (Lipinski definition) is 1. The third kappa shape index (κ3) is 6.08. The Morgan fingerprint density at radius 2 is 2.24 bits per heavy atom. The van der Waals surface area contributed by atoms with Crippen molar-refractivity contribution >= 4 is 17.7 Å². The van der Waals surface area contributed by atoms with Crippen molar-refractivity contribution < 1.29 is 23.4 Å². The lowest BCUT2D eigenvalue weighted by Gasteiger charge is -2.32. The van der Waals surface area contributed by atoms with Crippen LogP contribution in [0.1, 0.15) is 27.2 Å². The summed E-state index contributed by atoms with van der Waals surface area (Å²) in [4.78, 5) is 12.1. The molecule has 7 nitrogen and oxygen atoms in total. The summed E-state index contributed by atoms with van der Waals surface area (Å²) in [5.41, 5.74) is -0.114. The minimum Gasteiger partial charge on any atom is -0.493 e. The van der Waals surface area contributed by atoms with Gasteiger partial charge in [0.15, 0.2) is 5.82 Å². The molecule has 0 radical (unpaired) electrons. The molecule has 2 unspecified atom stereocenters. The van der Waals surface area contributed by atoms with Crippen molar-refractivity contribution in [3.63, 3.8) is 0 Å². The van der Waals surface area contributed by atoms with Crippen molar-refractivity contribution in [2.24, 2.45) is 5.92 Å². The van der Waals surface area contributed by atoms with Crippen molar-refractivity contribution in [3.05, 3.63) is 41.4 Å². The van der Waals surface area contributed by atoms with E-state index in [4.69, 9.17) is 25.8 Å². The molecule has 1 fully saturated rings. The average Bonchev–Trinajstić information content (AvgIpc) is 3.05. The summed E-state index contributed by atoms with van der Waals surface area (Å²) in [6.45, 7) is 6.80. The highest BCUT2D eigenvalue weighted by Gasteiger charge is 2.30. The number of amides is 1. The number of nitrogens with zero attached hydrogens (tertiary/aromatic N) is 2. The van der Waals surface area contributed by atoms with E-state index in [0.29, 0.717) is 30.4 Å². The predicted molar refractivity (Wildman–Crippen MR) is 106 cm³/mol. The van der Waals surface area contributed by atoms with Gasteiger partial charge in [0.25, 0.3) is 0 Å². The maximum Gasteiger partial charge on any atom is 0.407 e. The Labute approximate surface area is 174 Å². The van der Waals surface area contributed by atoms with E-state index in [1.807, 2.05) is 20.8 Å². The lowest BCUT2D eigenvalue weighted by molar-refractivity contribution is -0.0569. The van der Waals surface area contributed by atoms with Crippen LogP contribution in [0.3, 0.4) is 0 Å². The quantitative estimate of drug-likeness (QED) is 0.784. The van der Waals surface area contributed by atoms with Crippen molar-refractivity contribution in [3.8, 4) is 11.4 Å². The highest BCUT2D eigenvalue weighted by atomic mass is 35.5. The summed E-state index contributed by atoms with van der Waals surface area (Å²) in [7, 11) is 0. The van der Waals surface area contributed by atoms with Crippen molar-refractivity contribution in [2.75, 3.05) is 19.8 Å². The molecule has 1 aromatic heterocycles. The molecule has 1 saturated heterocycles. The van der Waals surface area contributed by atoms with Gasteiger partial charge in [0, 0.05) is 24.2 Å². The summed E-state index contributed by atoms with van der Waals surface area (Å²) in [5, 5.41) is 7.19. The van der Waals surface area contributed by atoms with Crippen molar-refractivity contribution in [2.45, 2.75) is 38.8 Å². The van der Waals surface area contributed by atoms with E-state index in [1.165, 1.54) is 23.1 Å². The minimum absolute atomic E-state index is 0.151. The topological polar surface area (TPSA) is 74.6 Å². The first-order valence-electron chi connectivity index (χ1n) is 9.41. The maximum atomic E-state index is 14.4. The van der Waals surface area contributed by atoms with Gasteiger partial charge >= 0.3 is 6.09 Å². The van der Waals surface area contributed by atoms with Gasteiger partial charge in [-0.2, -0.15) is 5.10 Å². The zero-order valence-corrected chi connectivity index (χ0v) is 17.4. The molecule has 1 amide bonds. The van der Waals surface area contributed by atoms with E-state index < -0.39 is 11.9 Å². The molecule has 0 aliphatic carbocycles. The molecule has 2 atom stereocenters. The van der Waals surface area contributed by atoms with E-state index >= 15 is 0 Å². The SMILES string of the molecule is CC(C)(C)NC(=O)OC1CCOCC1COc1ccc(-n2cc(Cl)cn2)c(F)c1. The molecule has 1 aromatic carbocycles. The lowest BCUT2D eigenvalue weighted by atomic mass is 9.99. The Hall–Kier alpha value is -2.32. The van der Waals surface area contributed by atoms with Gasteiger partial charge in [-0.05, 0) is 32.9 Å². The van der Waals surface area contributed by atoms with Crippen LogP contribution in [0.15, 0.2) is 30.6 Å². The summed E-state index contributed by atoms with van der Waals surface area (Å²) in [6, 6.07) is 4.51. The van der Waals surface area contributed by atoms with Crippen LogP contribution < -0.4 is 10.1 Å². The number of rotatable bonds is 5. The highest BCUT2D eigenvalue weighted by Crippen LogP contribution is 2.24. The third-order valence-corrected chi connectivity index (χ3v) is 4.52. The van der Waals surface area contributed by atoms with Crippen LogP contribution in [0.4, 0.5) is 9.18 Å². The molecule has 2 heterocycles. The van der Waals surface area contributed by atoms with Crippen LogP contribution in [-0.4, -0.2) is 47.3 Å². The number of aromatic nitrogens is 2. The van der Waals surface area contributed by atoms with Crippen LogP contribution in [0.5, 0.6) is 5.75 Å². The molecule has 0 bridgehead atoms. The van der Waals surface area contributed by atoms with Gasteiger partial charge in [-0.3, -0.25) is 0 Å².